The van der Waals surface area contributed by atoms with Gasteiger partial charge in [0.05, 0.1) is 11.9 Å². The Balaban J connectivity index is 2.17. The quantitative estimate of drug-likeness (QED) is 0.840. The molecule has 0 radical (unpaired) electrons. The fourth-order valence-corrected chi connectivity index (χ4v) is 3.15. The van der Waals surface area contributed by atoms with Gasteiger partial charge in [0.2, 0.25) is 15.9 Å². The maximum Gasteiger partial charge on any atom is 0.241 e. The Labute approximate surface area is 154 Å². The van der Waals surface area contributed by atoms with Crippen molar-refractivity contribution in [2.45, 2.75) is 26.3 Å². The van der Waals surface area contributed by atoms with E-state index in [0.717, 1.165) is 10.6 Å². The highest BCUT2D eigenvalue weighted by Crippen LogP contribution is 2.25. The topological polar surface area (TPSA) is 75.7 Å². The molecule has 0 aliphatic rings. The fourth-order valence-electron chi connectivity index (χ4n) is 2.29. The van der Waals surface area contributed by atoms with E-state index in [-0.39, 0.29) is 12.5 Å². The molecule has 2 rings (SSSR count). The Morgan fingerprint density at radius 3 is 2.04 bits per heavy atom. The van der Waals surface area contributed by atoms with Gasteiger partial charge in [-0.1, -0.05) is 18.2 Å². The lowest BCUT2D eigenvalue weighted by Gasteiger charge is -2.25. The van der Waals surface area contributed by atoms with E-state index in [1.807, 2.05) is 51.1 Å². The molecule has 2 aromatic carbocycles. The summed E-state index contributed by atoms with van der Waals surface area (Å²) >= 11 is 0. The first-order valence-electron chi connectivity index (χ1n) is 8.16. The molecular formula is C19H24N2O4S. The zero-order chi connectivity index (χ0) is 19.4. The minimum absolute atomic E-state index is 0.283. The number of carbonyl (C=O) groups excluding carboxylic acids is 1. The van der Waals surface area contributed by atoms with Gasteiger partial charge in [-0.05, 0) is 57.2 Å². The van der Waals surface area contributed by atoms with Crippen LogP contribution in [0.3, 0.4) is 0 Å². The second-order valence-electron chi connectivity index (χ2n) is 6.98. The van der Waals surface area contributed by atoms with E-state index in [1.165, 1.54) is 0 Å². The van der Waals surface area contributed by atoms with Crippen LogP contribution in [0, 0.1) is 0 Å². The number of ether oxygens (including phenoxy) is 1. The van der Waals surface area contributed by atoms with Crippen LogP contribution in [0.2, 0.25) is 0 Å². The molecule has 140 valence electrons. The minimum atomic E-state index is -3.61. The van der Waals surface area contributed by atoms with Crippen molar-refractivity contribution in [3.63, 3.8) is 0 Å². The number of hydrogen-bond acceptors (Lipinski definition) is 4. The van der Waals surface area contributed by atoms with Crippen LogP contribution in [0.4, 0.5) is 5.69 Å². The van der Waals surface area contributed by atoms with E-state index < -0.39 is 15.6 Å². The number of anilines is 1. The lowest BCUT2D eigenvalue weighted by Crippen LogP contribution is -2.47. The van der Waals surface area contributed by atoms with Crippen molar-refractivity contribution in [3.05, 3.63) is 54.6 Å². The summed E-state index contributed by atoms with van der Waals surface area (Å²) < 4.78 is 31.0. The number of carbonyl (C=O) groups is 1. The molecule has 0 bridgehead atoms. The fraction of sp³-hybridized carbons (Fsp3) is 0.316. The van der Waals surface area contributed by atoms with Gasteiger partial charge in [0.1, 0.15) is 18.0 Å². The van der Waals surface area contributed by atoms with Gasteiger partial charge in [0, 0.05) is 5.54 Å². The summed E-state index contributed by atoms with van der Waals surface area (Å²) in [6, 6.07) is 15.8. The molecule has 0 aliphatic heterocycles. The molecule has 6 nitrogen and oxygen atoms in total. The van der Waals surface area contributed by atoms with Gasteiger partial charge in [0.25, 0.3) is 0 Å². The van der Waals surface area contributed by atoms with E-state index in [2.05, 4.69) is 5.32 Å². The van der Waals surface area contributed by atoms with Gasteiger partial charge in [-0.15, -0.1) is 0 Å². The minimum Gasteiger partial charge on any atom is -0.457 e. The largest absolute Gasteiger partial charge is 0.457 e. The van der Waals surface area contributed by atoms with Crippen molar-refractivity contribution in [3.8, 4) is 11.5 Å². The van der Waals surface area contributed by atoms with Crippen LogP contribution in [0.1, 0.15) is 20.8 Å². The predicted molar refractivity (Wildman–Crippen MR) is 103 cm³/mol. The van der Waals surface area contributed by atoms with Gasteiger partial charge in [-0.3, -0.25) is 9.10 Å². The second-order valence-corrected chi connectivity index (χ2v) is 8.88. The molecule has 26 heavy (non-hydrogen) atoms. The average Bonchev–Trinajstić information content (AvgIpc) is 2.52. The van der Waals surface area contributed by atoms with Crippen LogP contribution in [-0.2, 0) is 14.8 Å². The SMILES string of the molecule is CC(C)(C)NC(=O)CN(c1ccc(Oc2ccccc2)cc1)S(C)(=O)=O. The normalized spacial score (nSPS) is 11.7. The van der Waals surface area contributed by atoms with Crippen LogP contribution < -0.4 is 14.4 Å². The smallest absolute Gasteiger partial charge is 0.241 e. The third kappa shape index (κ3) is 6.07. The molecule has 1 N–H and O–H groups in total. The van der Waals surface area contributed by atoms with Crippen molar-refractivity contribution in [2.75, 3.05) is 17.1 Å². The summed E-state index contributed by atoms with van der Waals surface area (Å²) in [6.07, 6.45) is 1.08. The Morgan fingerprint density at radius 1 is 1.00 bits per heavy atom. The van der Waals surface area contributed by atoms with E-state index in [4.69, 9.17) is 4.74 Å². The Hall–Kier alpha value is -2.54. The van der Waals surface area contributed by atoms with Gasteiger partial charge >= 0.3 is 0 Å². The number of hydrogen-bond donors (Lipinski definition) is 1. The first kappa shape index (κ1) is 19.8. The first-order chi connectivity index (χ1) is 12.0. The summed E-state index contributed by atoms with van der Waals surface area (Å²) in [5, 5.41) is 2.77. The Morgan fingerprint density at radius 2 is 1.54 bits per heavy atom. The first-order valence-corrected chi connectivity index (χ1v) is 10.0. The number of para-hydroxylation sites is 1. The number of nitrogens with one attached hydrogen (secondary N) is 1. The Bertz CT molecular complexity index is 841. The van der Waals surface area contributed by atoms with Gasteiger partial charge < -0.3 is 10.1 Å². The van der Waals surface area contributed by atoms with Gasteiger partial charge in [-0.25, -0.2) is 8.42 Å². The molecule has 0 fully saturated rings. The van der Waals surface area contributed by atoms with Gasteiger partial charge in [-0.2, -0.15) is 0 Å². The molecule has 7 heteroatoms. The average molecular weight is 376 g/mol. The molecule has 0 atom stereocenters. The molecule has 0 aliphatic carbocycles. The van der Waals surface area contributed by atoms with Crippen molar-refractivity contribution < 1.29 is 17.9 Å². The monoisotopic (exact) mass is 376 g/mol. The molecule has 0 spiro atoms. The standard InChI is InChI=1S/C19H24N2O4S/c1-19(2,3)20-18(22)14-21(26(4,23)24)15-10-12-17(13-11-15)25-16-8-6-5-7-9-16/h5-13H,14H2,1-4H3,(H,20,22). The highest BCUT2D eigenvalue weighted by Gasteiger charge is 2.23. The summed E-state index contributed by atoms with van der Waals surface area (Å²) in [5.41, 5.74) is -0.0369. The lowest BCUT2D eigenvalue weighted by atomic mass is 10.1. The molecule has 0 aromatic heterocycles. The highest BCUT2D eigenvalue weighted by molar-refractivity contribution is 7.92. The number of amides is 1. The number of benzene rings is 2. The highest BCUT2D eigenvalue weighted by atomic mass is 32.2. The van der Waals surface area contributed by atoms with E-state index >= 15 is 0 Å². The molecule has 0 saturated carbocycles. The van der Waals surface area contributed by atoms with Crippen LogP contribution >= 0.6 is 0 Å². The van der Waals surface area contributed by atoms with Crippen molar-refractivity contribution in [2.24, 2.45) is 0 Å². The number of sulfonamides is 1. The summed E-state index contributed by atoms with van der Waals surface area (Å²) in [4.78, 5) is 12.2. The maximum atomic E-state index is 12.2. The van der Waals surface area contributed by atoms with Crippen molar-refractivity contribution >= 4 is 21.6 Å². The zero-order valence-corrected chi connectivity index (χ0v) is 16.2. The molecule has 2 aromatic rings. The molecule has 1 amide bonds. The van der Waals surface area contributed by atoms with Crippen LogP contribution in [0.15, 0.2) is 54.6 Å². The summed E-state index contributed by atoms with van der Waals surface area (Å²) in [6.45, 7) is 5.23. The predicted octanol–water partition coefficient (Wildman–Crippen LogP) is 3.16. The van der Waals surface area contributed by atoms with Crippen molar-refractivity contribution in [1.82, 2.24) is 5.32 Å². The van der Waals surface area contributed by atoms with Gasteiger partial charge in [0.15, 0.2) is 0 Å². The molecular weight excluding hydrogens is 352 g/mol. The third-order valence-electron chi connectivity index (χ3n) is 3.31. The Kier molecular flexibility index (Phi) is 5.92. The van der Waals surface area contributed by atoms with Crippen LogP contribution in [0.5, 0.6) is 11.5 Å². The third-order valence-corrected chi connectivity index (χ3v) is 4.45. The van der Waals surface area contributed by atoms with E-state index in [9.17, 15) is 13.2 Å². The molecule has 0 heterocycles. The van der Waals surface area contributed by atoms with Crippen LogP contribution in [0.25, 0.3) is 0 Å². The lowest BCUT2D eigenvalue weighted by molar-refractivity contribution is -0.121. The molecule has 0 unspecified atom stereocenters. The van der Waals surface area contributed by atoms with Crippen molar-refractivity contribution in [1.29, 1.82) is 0 Å². The second kappa shape index (κ2) is 7.78. The van der Waals surface area contributed by atoms with Crippen LogP contribution in [-0.4, -0.2) is 32.7 Å². The summed E-state index contributed by atoms with van der Waals surface area (Å²) in [5.74, 6) is 0.893. The summed E-state index contributed by atoms with van der Waals surface area (Å²) in [7, 11) is -3.61. The van der Waals surface area contributed by atoms with E-state index in [1.54, 1.807) is 24.3 Å². The number of nitrogens with zero attached hydrogens (tertiary/aromatic N) is 1. The van der Waals surface area contributed by atoms with E-state index in [0.29, 0.717) is 17.2 Å². The molecule has 0 saturated heterocycles. The maximum absolute atomic E-state index is 12.2. The number of rotatable bonds is 6. The zero-order valence-electron chi connectivity index (χ0n) is 15.4.